The van der Waals surface area contributed by atoms with Gasteiger partial charge in [-0.05, 0) is 105 Å². The summed E-state index contributed by atoms with van der Waals surface area (Å²) in [5, 5.41) is 2.28. The van der Waals surface area contributed by atoms with Crippen molar-refractivity contribution in [3.8, 4) is 0 Å². The largest absolute Gasteiger partial charge is 0.366 e. The summed E-state index contributed by atoms with van der Waals surface area (Å²) in [7, 11) is 2.05. The Morgan fingerprint density at radius 2 is 1.94 bits per heavy atom. The first-order valence-electron chi connectivity index (χ1n) is 11.4. The van der Waals surface area contributed by atoms with Gasteiger partial charge in [0.1, 0.15) is 0 Å². The lowest BCUT2D eigenvalue weighted by atomic mass is 9.88. The number of aryl methyl sites for hydroxylation is 3. The highest BCUT2D eigenvalue weighted by Gasteiger charge is 2.14. The topological polar surface area (TPSA) is 15.6 Å². The molecule has 0 N–H and O–H groups in total. The summed E-state index contributed by atoms with van der Waals surface area (Å²) < 4.78 is 0. The fraction of sp³-hybridized carbons (Fsp3) is 0.393. The van der Waals surface area contributed by atoms with Crippen LogP contribution in [0.2, 0.25) is 0 Å². The Morgan fingerprint density at radius 1 is 1.16 bits per heavy atom. The molecule has 0 saturated heterocycles. The van der Waals surface area contributed by atoms with Crippen LogP contribution in [0.4, 0.5) is 5.69 Å². The third-order valence-corrected chi connectivity index (χ3v) is 7.14. The molecule has 2 aromatic rings. The first-order valence-corrected chi connectivity index (χ1v) is 12.2. The molecule has 0 spiro atoms. The van der Waals surface area contributed by atoms with Crippen molar-refractivity contribution < 1.29 is 0 Å². The molecule has 0 atom stereocenters. The number of thioether (sulfide) groups is 1. The molecule has 0 aromatic heterocycles. The average molecular weight is 433 g/mol. The highest BCUT2D eigenvalue weighted by atomic mass is 32.2. The minimum Gasteiger partial charge on any atom is -0.366 e. The van der Waals surface area contributed by atoms with E-state index < -0.39 is 0 Å². The monoisotopic (exact) mass is 432 g/mol. The Labute approximate surface area is 193 Å². The summed E-state index contributed by atoms with van der Waals surface area (Å²) in [6.45, 7) is 14.0. The van der Waals surface area contributed by atoms with E-state index in [9.17, 15) is 0 Å². The first-order chi connectivity index (χ1) is 14.9. The Hall–Kier alpha value is -2.26. The molecule has 2 nitrogen and oxygen atoms in total. The second-order valence-corrected chi connectivity index (χ2v) is 9.68. The van der Waals surface area contributed by atoms with Gasteiger partial charge in [0.2, 0.25) is 0 Å². The van der Waals surface area contributed by atoms with Gasteiger partial charge in [0.15, 0.2) is 0 Å². The standard InChI is InChI=1S/C28H36N2S/c1-7-30(6)19-29-28-17-21(3)25(16-22(28)4)15-20(2)18-31-23(5)26-14-10-12-24-11-8-9-13-27(24)26/h10,12,14,16-19H,5,7-9,11,13,15H2,1-4,6H3/b20-18+,29-19?. The molecule has 0 fully saturated rings. The zero-order valence-corrected chi connectivity index (χ0v) is 20.6. The maximum atomic E-state index is 4.66. The van der Waals surface area contributed by atoms with Gasteiger partial charge in [-0.15, -0.1) is 0 Å². The number of fused-ring (bicyclic) bond motifs is 1. The minimum atomic E-state index is 0.957. The molecule has 3 rings (SSSR count). The summed E-state index contributed by atoms with van der Waals surface area (Å²) in [6, 6.07) is 11.2. The van der Waals surface area contributed by atoms with Crippen molar-refractivity contribution in [3.63, 3.8) is 0 Å². The smallest absolute Gasteiger partial charge is 0.0909 e. The molecule has 0 heterocycles. The summed E-state index contributed by atoms with van der Waals surface area (Å²) in [4.78, 5) is 7.91. The van der Waals surface area contributed by atoms with Crippen molar-refractivity contribution in [1.29, 1.82) is 0 Å². The number of allylic oxidation sites excluding steroid dienone is 1. The fourth-order valence-electron chi connectivity index (χ4n) is 4.05. The van der Waals surface area contributed by atoms with Crippen molar-refractivity contribution in [1.82, 2.24) is 4.90 Å². The maximum Gasteiger partial charge on any atom is 0.0909 e. The molecule has 1 aliphatic carbocycles. The van der Waals surface area contributed by atoms with E-state index in [0.29, 0.717) is 0 Å². The normalized spacial score (nSPS) is 14.0. The molecule has 3 heteroatoms. The lowest BCUT2D eigenvalue weighted by Gasteiger charge is -2.20. The number of aliphatic imine (C=N–C) groups is 1. The quantitative estimate of drug-likeness (QED) is 0.314. The number of hydrogen-bond acceptors (Lipinski definition) is 2. The van der Waals surface area contributed by atoms with E-state index in [0.717, 1.165) is 23.6 Å². The zero-order valence-electron chi connectivity index (χ0n) is 19.8. The minimum absolute atomic E-state index is 0.957. The van der Waals surface area contributed by atoms with Crippen LogP contribution in [0, 0.1) is 13.8 Å². The van der Waals surface area contributed by atoms with Crippen LogP contribution in [0.5, 0.6) is 0 Å². The molecular formula is C28H36N2S. The van der Waals surface area contributed by atoms with Gasteiger partial charge in [0.25, 0.3) is 0 Å². The van der Waals surface area contributed by atoms with Crippen LogP contribution in [-0.2, 0) is 19.3 Å². The second kappa shape index (κ2) is 10.9. The van der Waals surface area contributed by atoms with Crippen molar-refractivity contribution in [2.45, 2.75) is 59.8 Å². The molecule has 164 valence electrons. The number of benzene rings is 2. The molecule has 2 aromatic carbocycles. The SMILES string of the molecule is C=C(S/C=C(\C)Cc1cc(C)c(N=CN(C)CC)cc1C)c1cccc2c1CCCC2. The Morgan fingerprint density at radius 3 is 2.71 bits per heavy atom. The van der Waals surface area contributed by atoms with Crippen molar-refractivity contribution in [2.75, 3.05) is 13.6 Å². The number of hydrogen-bond donors (Lipinski definition) is 0. The van der Waals surface area contributed by atoms with Gasteiger partial charge in [0, 0.05) is 18.5 Å². The molecular weight excluding hydrogens is 396 g/mol. The van der Waals surface area contributed by atoms with E-state index in [-0.39, 0.29) is 0 Å². The number of nitrogens with zero attached hydrogens (tertiary/aromatic N) is 2. The maximum absolute atomic E-state index is 4.66. The van der Waals surface area contributed by atoms with Crippen molar-refractivity contribution >= 4 is 28.7 Å². The van der Waals surface area contributed by atoms with E-state index in [1.165, 1.54) is 64.6 Å². The molecule has 0 bridgehead atoms. The Bertz CT molecular complexity index is 1000. The van der Waals surface area contributed by atoms with Gasteiger partial charge in [-0.3, -0.25) is 0 Å². The van der Waals surface area contributed by atoms with Crippen LogP contribution >= 0.6 is 11.8 Å². The molecule has 0 saturated carbocycles. The molecule has 31 heavy (non-hydrogen) atoms. The predicted molar refractivity (Wildman–Crippen MR) is 140 cm³/mol. The van der Waals surface area contributed by atoms with Crippen LogP contribution in [-0.4, -0.2) is 24.8 Å². The van der Waals surface area contributed by atoms with Crippen LogP contribution in [0.1, 0.15) is 60.1 Å². The number of rotatable bonds is 8. The van der Waals surface area contributed by atoms with Gasteiger partial charge >= 0.3 is 0 Å². The van der Waals surface area contributed by atoms with Crippen molar-refractivity contribution in [2.24, 2.45) is 4.99 Å². The van der Waals surface area contributed by atoms with E-state index in [2.05, 4.69) is 79.9 Å². The summed E-state index contributed by atoms with van der Waals surface area (Å²) >= 11 is 1.77. The Kier molecular flexibility index (Phi) is 8.20. The second-order valence-electron chi connectivity index (χ2n) is 8.72. The van der Waals surface area contributed by atoms with Gasteiger partial charge in [-0.2, -0.15) is 0 Å². The van der Waals surface area contributed by atoms with E-state index >= 15 is 0 Å². The Balaban J connectivity index is 1.69. The fourth-order valence-corrected chi connectivity index (χ4v) is 4.80. The zero-order chi connectivity index (χ0) is 22.4. The molecule has 0 amide bonds. The third kappa shape index (κ3) is 6.13. The average Bonchev–Trinajstić information content (AvgIpc) is 2.78. The van der Waals surface area contributed by atoms with E-state index in [1.807, 2.05) is 13.4 Å². The molecule has 1 aliphatic rings. The van der Waals surface area contributed by atoms with Crippen molar-refractivity contribution in [3.05, 3.63) is 81.3 Å². The third-order valence-electron chi connectivity index (χ3n) is 6.12. The predicted octanol–water partition coefficient (Wildman–Crippen LogP) is 7.64. The van der Waals surface area contributed by atoms with Gasteiger partial charge in [-0.1, -0.05) is 48.2 Å². The van der Waals surface area contributed by atoms with Gasteiger partial charge < -0.3 is 4.90 Å². The summed E-state index contributed by atoms with van der Waals surface area (Å²) in [6.07, 6.45) is 7.88. The molecule has 0 aliphatic heterocycles. The van der Waals surface area contributed by atoms with E-state index in [4.69, 9.17) is 0 Å². The summed E-state index contributed by atoms with van der Waals surface area (Å²) in [5.74, 6) is 0. The van der Waals surface area contributed by atoms with E-state index in [1.54, 1.807) is 11.8 Å². The molecule has 0 radical (unpaired) electrons. The van der Waals surface area contributed by atoms with Gasteiger partial charge in [-0.25, -0.2) is 4.99 Å². The first kappa shape index (κ1) is 23.4. The van der Waals surface area contributed by atoms with Gasteiger partial charge in [0.05, 0.1) is 12.0 Å². The lowest BCUT2D eigenvalue weighted by molar-refractivity contribution is 0.552. The lowest BCUT2D eigenvalue weighted by Crippen LogP contribution is -2.14. The molecule has 0 unspecified atom stereocenters. The van der Waals surface area contributed by atoms with Crippen LogP contribution < -0.4 is 0 Å². The van der Waals surface area contributed by atoms with Crippen LogP contribution in [0.25, 0.3) is 4.91 Å². The van der Waals surface area contributed by atoms with Crippen LogP contribution in [0.3, 0.4) is 0 Å². The summed E-state index contributed by atoms with van der Waals surface area (Å²) in [5.41, 5.74) is 10.7. The van der Waals surface area contributed by atoms with Crippen LogP contribution in [0.15, 0.2) is 52.9 Å². The highest BCUT2D eigenvalue weighted by Crippen LogP contribution is 2.35. The highest BCUT2D eigenvalue weighted by molar-refractivity contribution is 8.10.